The monoisotopic (exact) mass is 199 g/mol. The van der Waals surface area contributed by atoms with Crippen LogP contribution in [0, 0.1) is 5.82 Å². The average Bonchev–Trinajstić information content (AvgIpc) is 2.19. The van der Waals surface area contributed by atoms with Gasteiger partial charge in [0.1, 0.15) is 12.4 Å². The number of carbonyl (C=O) groups is 1. The van der Waals surface area contributed by atoms with E-state index < -0.39 is 5.82 Å². The van der Waals surface area contributed by atoms with Gasteiger partial charge in [0, 0.05) is 6.07 Å². The Bertz CT molecular complexity index is 317. The zero-order chi connectivity index (χ0) is 10.4. The van der Waals surface area contributed by atoms with Crippen LogP contribution >= 0.6 is 0 Å². The van der Waals surface area contributed by atoms with Crippen molar-refractivity contribution in [2.75, 3.05) is 19.2 Å². The molecule has 0 bridgehead atoms. The lowest BCUT2D eigenvalue weighted by molar-refractivity contribution is -0.109. The molecule has 0 saturated carbocycles. The van der Waals surface area contributed by atoms with Gasteiger partial charge in [0.25, 0.3) is 0 Å². The molecular weight excluding hydrogens is 189 g/mol. The molecule has 1 rings (SSSR count). The molecule has 0 heterocycles. The van der Waals surface area contributed by atoms with E-state index in [-0.39, 0.29) is 12.3 Å². The topological polar surface area (TPSA) is 47.6 Å². The number of anilines is 1. The maximum Gasteiger partial charge on any atom is 0.157 e. The summed E-state index contributed by atoms with van der Waals surface area (Å²) in [5, 5.41) is 0. The summed E-state index contributed by atoms with van der Waals surface area (Å²) in [5.41, 5.74) is 2.57. The Kier molecular flexibility index (Phi) is 3.87. The molecule has 0 fully saturated rings. The molecule has 76 valence electrons. The Labute approximate surface area is 80.6 Å². The fourth-order valence-corrected chi connectivity index (χ4v) is 0.909. The summed E-state index contributed by atoms with van der Waals surface area (Å²) in [6.07, 6.45) is 0.596. The number of hydrogen-bond acceptors (Lipinski definition) is 4. The number of hydrogen-bond donors (Lipinski definition) is 1. The van der Waals surface area contributed by atoms with Gasteiger partial charge in [-0.1, -0.05) is 0 Å². The van der Waals surface area contributed by atoms with Crippen LogP contribution < -0.4 is 10.2 Å². The van der Waals surface area contributed by atoms with Gasteiger partial charge in [-0.15, -0.1) is 0 Å². The van der Waals surface area contributed by atoms with Gasteiger partial charge in [0.15, 0.2) is 12.1 Å². The lowest BCUT2D eigenvalue weighted by Gasteiger charge is -2.06. The first kappa shape index (κ1) is 10.5. The molecule has 1 N–H and O–H groups in total. The van der Waals surface area contributed by atoms with E-state index in [9.17, 15) is 9.18 Å². The second-order valence-electron chi connectivity index (χ2n) is 2.43. The van der Waals surface area contributed by atoms with Gasteiger partial charge in [0.05, 0.1) is 12.8 Å². The van der Waals surface area contributed by atoms with Crippen LogP contribution in [0.25, 0.3) is 0 Å². The molecule has 5 heteroatoms. The van der Waals surface area contributed by atoms with Crippen LogP contribution in [0.3, 0.4) is 0 Å². The summed E-state index contributed by atoms with van der Waals surface area (Å²) in [6.45, 7) is -0.0868. The minimum Gasteiger partial charge on any atom is -0.486 e. The highest BCUT2D eigenvalue weighted by atomic mass is 19.1. The van der Waals surface area contributed by atoms with Crippen molar-refractivity contribution < 1.29 is 18.8 Å². The molecule has 0 amide bonds. The lowest BCUT2D eigenvalue weighted by atomic mass is 10.3. The Morgan fingerprint density at radius 2 is 2.36 bits per heavy atom. The van der Waals surface area contributed by atoms with Crippen molar-refractivity contribution in [2.24, 2.45) is 0 Å². The summed E-state index contributed by atoms with van der Waals surface area (Å²) in [4.78, 5) is 14.5. The molecule has 0 aliphatic carbocycles. The molecule has 1 aromatic carbocycles. The Morgan fingerprint density at radius 1 is 1.57 bits per heavy atom. The van der Waals surface area contributed by atoms with Crippen LogP contribution in [0.2, 0.25) is 0 Å². The Morgan fingerprint density at radius 3 is 2.93 bits per heavy atom. The molecule has 14 heavy (non-hydrogen) atoms. The number of rotatable bonds is 5. The third kappa shape index (κ3) is 2.70. The molecule has 0 radical (unpaired) electrons. The van der Waals surface area contributed by atoms with Crippen molar-refractivity contribution in [1.29, 1.82) is 0 Å². The smallest absolute Gasteiger partial charge is 0.157 e. The summed E-state index contributed by atoms with van der Waals surface area (Å²) in [5.74, 6) is -0.202. The van der Waals surface area contributed by atoms with Gasteiger partial charge in [-0.2, -0.15) is 0 Å². The number of benzene rings is 1. The van der Waals surface area contributed by atoms with Gasteiger partial charge in [-0.05, 0) is 12.1 Å². The molecule has 0 unspecified atom stereocenters. The Hall–Kier alpha value is -1.62. The molecule has 0 aromatic heterocycles. The van der Waals surface area contributed by atoms with Crippen molar-refractivity contribution in [3.8, 4) is 5.75 Å². The number of aldehydes is 1. The summed E-state index contributed by atoms with van der Waals surface area (Å²) in [6, 6.07) is 4.16. The molecule has 0 aliphatic rings. The average molecular weight is 199 g/mol. The van der Waals surface area contributed by atoms with E-state index in [2.05, 4.69) is 10.3 Å². The molecule has 0 atom stereocenters. The minimum atomic E-state index is -0.504. The summed E-state index contributed by atoms with van der Waals surface area (Å²) >= 11 is 0. The van der Waals surface area contributed by atoms with E-state index in [0.29, 0.717) is 12.0 Å². The van der Waals surface area contributed by atoms with E-state index in [1.807, 2.05) is 0 Å². The van der Waals surface area contributed by atoms with Gasteiger partial charge in [-0.25, -0.2) is 4.39 Å². The first-order chi connectivity index (χ1) is 6.77. The number of carbonyl (C=O) groups excluding carboxylic acids is 1. The second kappa shape index (κ2) is 5.18. The normalized spacial score (nSPS) is 9.57. The number of nitrogens with one attached hydrogen (secondary N) is 1. The van der Waals surface area contributed by atoms with Gasteiger partial charge < -0.3 is 4.74 Å². The van der Waals surface area contributed by atoms with Gasteiger partial charge >= 0.3 is 0 Å². The second-order valence-corrected chi connectivity index (χ2v) is 2.43. The third-order valence-electron chi connectivity index (χ3n) is 1.47. The van der Waals surface area contributed by atoms with Crippen molar-refractivity contribution in [3.05, 3.63) is 24.0 Å². The molecule has 0 spiro atoms. The fraction of sp³-hybridized carbons (Fsp3) is 0.222. The SMILES string of the molecule is CONc1ccc(OCC=O)cc1F. The van der Waals surface area contributed by atoms with Crippen LogP contribution in [0.4, 0.5) is 10.1 Å². The van der Waals surface area contributed by atoms with E-state index >= 15 is 0 Å². The largest absolute Gasteiger partial charge is 0.486 e. The van der Waals surface area contributed by atoms with Crippen LogP contribution in [-0.2, 0) is 9.63 Å². The molecule has 0 saturated heterocycles. The van der Waals surface area contributed by atoms with Crippen molar-refractivity contribution >= 4 is 12.0 Å². The molecule has 1 aromatic rings. The lowest BCUT2D eigenvalue weighted by Crippen LogP contribution is -2.01. The highest BCUT2D eigenvalue weighted by molar-refractivity contribution is 5.52. The van der Waals surface area contributed by atoms with Crippen molar-refractivity contribution in [1.82, 2.24) is 0 Å². The standard InChI is InChI=1S/C9H10FNO3/c1-13-11-9-3-2-7(6-8(9)10)14-5-4-12/h2-4,6,11H,5H2,1H3. The maximum absolute atomic E-state index is 13.2. The van der Waals surface area contributed by atoms with E-state index in [1.54, 1.807) is 0 Å². The first-order valence-electron chi connectivity index (χ1n) is 3.93. The molecular formula is C9H10FNO3. The van der Waals surface area contributed by atoms with Gasteiger partial charge in [0.2, 0.25) is 0 Å². The van der Waals surface area contributed by atoms with Crippen molar-refractivity contribution in [3.63, 3.8) is 0 Å². The highest BCUT2D eigenvalue weighted by Crippen LogP contribution is 2.20. The molecule has 0 aliphatic heterocycles. The van der Waals surface area contributed by atoms with E-state index in [4.69, 9.17) is 4.74 Å². The van der Waals surface area contributed by atoms with Gasteiger partial charge in [-0.3, -0.25) is 15.1 Å². The third-order valence-corrected chi connectivity index (χ3v) is 1.47. The minimum absolute atomic E-state index is 0.0868. The molecule has 4 nitrogen and oxygen atoms in total. The summed E-state index contributed by atoms with van der Waals surface area (Å²) in [7, 11) is 1.39. The van der Waals surface area contributed by atoms with Crippen LogP contribution in [-0.4, -0.2) is 20.0 Å². The zero-order valence-electron chi connectivity index (χ0n) is 7.62. The maximum atomic E-state index is 13.2. The van der Waals surface area contributed by atoms with Crippen LogP contribution in [0.5, 0.6) is 5.75 Å². The quantitative estimate of drug-likeness (QED) is 0.574. The Balaban J connectivity index is 2.72. The predicted octanol–water partition coefficient (Wildman–Crippen LogP) is 1.38. The van der Waals surface area contributed by atoms with Crippen LogP contribution in [0.1, 0.15) is 0 Å². The number of ether oxygens (including phenoxy) is 1. The zero-order valence-corrected chi connectivity index (χ0v) is 7.62. The predicted molar refractivity (Wildman–Crippen MR) is 48.6 cm³/mol. The van der Waals surface area contributed by atoms with Crippen molar-refractivity contribution in [2.45, 2.75) is 0 Å². The van der Waals surface area contributed by atoms with E-state index in [0.717, 1.165) is 0 Å². The first-order valence-corrected chi connectivity index (χ1v) is 3.93. The highest BCUT2D eigenvalue weighted by Gasteiger charge is 2.03. The van der Waals surface area contributed by atoms with E-state index in [1.165, 1.54) is 25.3 Å². The summed E-state index contributed by atoms with van der Waals surface area (Å²) < 4.78 is 18.0. The fourth-order valence-electron chi connectivity index (χ4n) is 0.909. The number of halogens is 1. The van der Waals surface area contributed by atoms with Crippen LogP contribution in [0.15, 0.2) is 18.2 Å².